The minimum Gasteiger partial charge on any atom is -0.491 e. The van der Waals surface area contributed by atoms with Crippen molar-refractivity contribution in [1.29, 1.82) is 0 Å². The number of carbonyl (C=O) groups is 2. The van der Waals surface area contributed by atoms with Crippen molar-refractivity contribution in [2.24, 2.45) is 0 Å². The highest BCUT2D eigenvalue weighted by Crippen LogP contribution is 2.31. The number of carbonyl (C=O) groups excluding carboxylic acids is 2. The molecule has 130 valence electrons. The van der Waals surface area contributed by atoms with Gasteiger partial charge in [0.1, 0.15) is 12.1 Å². The number of hydrogen-bond acceptors (Lipinski definition) is 5. The number of piperidine rings is 1. The van der Waals surface area contributed by atoms with Crippen LogP contribution >= 0.6 is 0 Å². The summed E-state index contributed by atoms with van der Waals surface area (Å²) < 4.78 is 11.8. The average molecular weight is 335 g/mol. The molecule has 2 aliphatic heterocycles. The van der Waals surface area contributed by atoms with Crippen molar-refractivity contribution in [3.63, 3.8) is 0 Å². The van der Waals surface area contributed by atoms with Crippen LogP contribution in [0, 0.1) is 0 Å². The lowest BCUT2D eigenvalue weighted by atomic mass is 9.92. The van der Waals surface area contributed by atoms with E-state index in [2.05, 4.69) is 0 Å². The Labute approximate surface area is 139 Å². The zero-order valence-corrected chi connectivity index (χ0v) is 13.9. The van der Waals surface area contributed by atoms with E-state index in [0.717, 1.165) is 12.8 Å². The molecule has 0 unspecified atom stereocenters. The van der Waals surface area contributed by atoms with E-state index in [-0.39, 0.29) is 29.9 Å². The van der Waals surface area contributed by atoms with E-state index < -0.39 is 5.60 Å². The number of likely N-dealkylation sites (tertiary alicyclic amines) is 1. The normalized spacial score (nSPS) is 23.5. The van der Waals surface area contributed by atoms with Gasteiger partial charge in [-0.2, -0.15) is 0 Å². The molecular formula is C16H21N3O5. The molecular weight excluding hydrogens is 314 g/mol. The zero-order chi connectivity index (χ0) is 17.3. The number of amides is 2. The molecule has 0 radical (unpaired) electrons. The van der Waals surface area contributed by atoms with E-state index in [1.54, 1.807) is 30.3 Å². The van der Waals surface area contributed by atoms with Crippen molar-refractivity contribution in [2.45, 2.75) is 25.0 Å². The number of aromatic nitrogens is 1. The van der Waals surface area contributed by atoms with Gasteiger partial charge < -0.3 is 23.8 Å². The molecule has 2 amide bonds. The van der Waals surface area contributed by atoms with Gasteiger partial charge >= 0.3 is 6.09 Å². The van der Waals surface area contributed by atoms with Crippen LogP contribution in [0.3, 0.4) is 0 Å². The van der Waals surface area contributed by atoms with Crippen molar-refractivity contribution in [3.05, 3.63) is 28.7 Å². The third kappa shape index (κ3) is 2.95. The lowest BCUT2D eigenvalue weighted by Gasteiger charge is -2.38. The summed E-state index contributed by atoms with van der Waals surface area (Å²) in [5.74, 6) is 0.0294. The van der Waals surface area contributed by atoms with Crippen LogP contribution < -0.4 is 10.3 Å². The molecule has 3 rings (SSSR count). The summed E-state index contributed by atoms with van der Waals surface area (Å²) in [6.45, 7) is 1.38. The molecule has 2 aliphatic rings. The second kappa shape index (κ2) is 6.18. The van der Waals surface area contributed by atoms with Gasteiger partial charge in [0.05, 0.1) is 20.2 Å². The Kier molecular flexibility index (Phi) is 4.21. The molecule has 2 saturated heterocycles. The molecule has 0 saturated carbocycles. The molecule has 1 spiro atoms. The summed E-state index contributed by atoms with van der Waals surface area (Å²) in [6, 6.07) is 3.23. The minimum absolute atomic E-state index is 0.0596. The van der Waals surface area contributed by atoms with Crippen LogP contribution in [0.1, 0.15) is 12.8 Å². The molecule has 1 atom stereocenters. The molecule has 3 heterocycles. The monoisotopic (exact) mass is 335 g/mol. The molecule has 0 bridgehead atoms. The van der Waals surface area contributed by atoms with Crippen LogP contribution in [-0.2, 0) is 16.1 Å². The Morgan fingerprint density at radius 2 is 2.17 bits per heavy atom. The van der Waals surface area contributed by atoms with Crippen molar-refractivity contribution < 1.29 is 19.1 Å². The molecule has 0 N–H and O–H groups in total. The fraction of sp³-hybridized carbons (Fsp3) is 0.562. The number of pyridine rings is 1. The second-order valence-corrected chi connectivity index (χ2v) is 6.34. The van der Waals surface area contributed by atoms with Gasteiger partial charge in [0.2, 0.25) is 5.91 Å². The van der Waals surface area contributed by atoms with E-state index in [9.17, 15) is 14.4 Å². The van der Waals surface area contributed by atoms with Crippen molar-refractivity contribution >= 4 is 12.0 Å². The van der Waals surface area contributed by atoms with Gasteiger partial charge in [0.15, 0.2) is 5.75 Å². The first-order valence-electron chi connectivity index (χ1n) is 7.89. The van der Waals surface area contributed by atoms with Crippen LogP contribution in [0.2, 0.25) is 0 Å². The number of ether oxygens (including phenoxy) is 2. The van der Waals surface area contributed by atoms with Gasteiger partial charge in [-0.1, -0.05) is 0 Å². The lowest BCUT2D eigenvalue weighted by Crippen LogP contribution is -2.53. The van der Waals surface area contributed by atoms with E-state index in [1.807, 2.05) is 0 Å². The van der Waals surface area contributed by atoms with Gasteiger partial charge in [0.25, 0.3) is 5.56 Å². The summed E-state index contributed by atoms with van der Waals surface area (Å²) in [6.07, 6.45) is 2.71. The SMILES string of the molecule is COc1cccn(CC(=O)N2CCC[C@]3(CN(C)C(=O)O3)C2)c1=O. The number of rotatable bonds is 3. The maximum Gasteiger partial charge on any atom is 0.410 e. The summed E-state index contributed by atoms with van der Waals surface area (Å²) >= 11 is 0. The summed E-state index contributed by atoms with van der Waals surface area (Å²) in [5, 5.41) is 0. The molecule has 8 nitrogen and oxygen atoms in total. The first kappa shape index (κ1) is 16.4. The van der Waals surface area contributed by atoms with Crippen molar-refractivity contribution in [3.8, 4) is 5.75 Å². The standard InChI is InChI=1S/C16H21N3O5/c1-17-10-16(24-15(17)22)6-4-8-19(11-16)13(20)9-18-7-3-5-12(23-2)14(18)21/h3,5,7H,4,6,8-11H2,1-2H3/t16-/m0/s1. The average Bonchev–Trinajstić information content (AvgIpc) is 2.82. The van der Waals surface area contributed by atoms with E-state index in [1.165, 1.54) is 16.6 Å². The summed E-state index contributed by atoms with van der Waals surface area (Å²) in [5.41, 5.74) is -0.967. The molecule has 8 heteroatoms. The maximum absolute atomic E-state index is 12.6. The van der Waals surface area contributed by atoms with E-state index in [4.69, 9.17) is 9.47 Å². The third-order valence-corrected chi connectivity index (χ3v) is 4.54. The smallest absolute Gasteiger partial charge is 0.410 e. The quantitative estimate of drug-likeness (QED) is 0.794. The first-order valence-corrected chi connectivity index (χ1v) is 7.89. The van der Waals surface area contributed by atoms with Crippen LogP contribution in [0.4, 0.5) is 4.79 Å². The zero-order valence-electron chi connectivity index (χ0n) is 13.9. The van der Waals surface area contributed by atoms with Gasteiger partial charge in [-0.3, -0.25) is 9.59 Å². The Bertz CT molecular complexity index is 716. The van der Waals surface area contributed by atoms with E-state index in [0.29, 0.717) is 19.6 Å². The van der Waals surface area contributed by atoms with Crippen LogP contribution in [-0.4, -0.2) is 65.8 Å². The Morgan fingerprint density at radius 1 is 1.38 bits per heavy atom. The minimum atomic E-state index is -0.626. The van der Waals surface area contributed by atoms with Crippen molar-refractivity contribution in [2.75, 3.05) is 33.8 Å². The number of nitrogens with zero attached hydrogens (tertiary/aromatic N) is 3. The number of methoxy groups -OCH3 is 1. The summed E-state index contributed by atoms with van der Waals surface area (Å²) in [4.78, 5) is 39.6. The van der Waals surface area contributed by atoms with Crippen molar-refractivity contribution in [1.82, 2.24) is 14.4 Å². The lowest BCUT2D eigenvalue weighted by molar-refractivity contribution is -0.137. The predicted octanol–water partition coefficient (Wildman–Crippen LogP) is 0.300. The number of hydrogen-bond donors (Lipinski definition) is 0. The Balaban J connectivity index is 1.72. The molecule has 1 aromatic rings. The molecule has 1 aromatic heterocycles. The fourth-order valence-electron chi connectivity index (χ4n) is 3.36. The highest BCUT2D eigenvalue weighted by molar-refractivity contribution is 5.77. The Hall–Kier alpha value is -2.51. The highest BCUT2D eigenvalue weighted by atomic mass is 16.6. The number of likely N-dealkylation sites (N-methyl/N-ethyl adjacent to an activating group) is 1. The van der Waals surface area contributed by atoms with E-state index >= 15 is 0 Å². The third-order valence-electron chi connectivity index (χ3n) is 4.54. The second-order valence-electron chi connectivity index (χ2n) is 6.34. The molecule has 2 fully saturated rings. The predicted molar refractivity (Wildman–Crippen MR) is 84.9 cm³/mol. The topological polar surface area (TPSA) is 81.1 Å². The van der Waals surface area contributed by atoms with Crippen LogP contribution in [0.5, 0.6) is 5.75 Å². The Morgan fingerprint density at radius 3 is 2.83 bits per heavy atom. The maximum atomic E-state index is 12.6. The molecule has 24 heavy (non-hydrogen) atoms. The van der Waals surface area contributed by atoms with Gasteiger partial charge in [0, 0.05) is 19.8 Å². The first-order chi connectivity index (χ1) is 11.4. The van der Waals surface area contributed by atoms with Gasteiger partial charge in [-0.25, -0.2) is 4.79 Å². The summed E-state index contributed by atoms with van der Waals surface area (Å²) in [7, 11) is 3.11. The van der Waals surface area contributed by atoms with Crippen LogP contribution in [0.25, 0.3) is 0 Å². The highest BCUT2D eigenvalue weighted by Gasteiger charge is 2.47. The van der Waals surface area contributed by atoms with Gasteiger partial charge in [-0.15, -0.1) is 0 Å². The molecule has 0 aliphatic carbocycles. The fourth-order valence-corrected chi connectivity index (χ4v) is 3.36. The largest absolute Gasteiger partial charge is 0.491 e. The van der Waals surface area contributed by atoms with Crippen LogP contribution in [0.15, 0.2) is 23.1 Å². The molecule has 0 aromatic carbocycles. The van der Waals surface area contributed by atoms with Gasteiger partial charge in [-0.05, 0) is 25.0 Å².